The van der Waals surface area contributed by atoms with Gasteiger partial charge in [-0.05, 0) is 60.9 Å². The summed E-state index contributed by atoms with van der Waals surface area (Å²) in [7, 11) is -3.58. The summed E-state index contributed by atoms with van der Waals surface area (Å²) in [4.78, 5) is 12.2. The molecule has 4 N–H and O–H groups in total. The third-order valence-electron chi connectivity index (χ3n) is 4.79. The molecule has 0 heterocycles. The first-order valence-electron chi connectivity index (χ1n) is 9.47. The Hall–Kier alpha value is -2.84. The Balaban J connectivity index is 1.59. The number of aromatic hydroxyl groups is 2. The van der Waals surface area contributed by atoms with Gasteiger partial charge in [-0.15, -0.1) is 0 Å². The van der Waals surface area contributed by atoms with Crippen molar-refractivity contribution >= 4 is 27.7 Å². The molecule has 8 heteroatoms. The highest BCUT2D eigenvalue weighted by molar-refractivity contribution is 7.89. The van der Waals surface area contributed by atoms with E-state index in [4.69, 9.17) is 0 Å². The second-order valence-corrected chi connectivity index (χ2v) is 8.77. The molecule has 7 nitrogen and oxygen atoms in total. The molecule has 0 bridgehead atoms. The first-order chi connectivity index (χ1) is 13.8. The van der Waals surface area contributed by atoms with Crippen LogP contribution in [0.2, 0.25) is 0 Å². The van der Waals surface area contributed by atoms with Crippen LogP contribution in [0.5, 0.6) is 11.5 Å². The molecule has 3 rings (SSSR count). The first kappa shape index (κ1) is 20.9. The monoisotopic (exact) mass is 416 g/mol. The molecule has 0 spiro atoms. The minimum absolute atomic E-state index is 0.0161. The highest BCUT2D eigenvalue weighted by Crippen LogP contribution is 2.25. The second kappa shape index (κ2) is 9.11. The smallest absolute Gasteiger partial charge is 0.248 e. The van der Waals surface area contributed by atoms with Crippen molar-refractivity contribution in [3.05, 3.63) is 54.1 Å². The summed E-state index contributed by atoms with van der Waals surface area (Å²) in [6.07, 6.45) is 7.71. The van der Waals surface area contributed by atoms with Gasteiger partial charge < -0.3 is 15.5 Å². The van der Waals surface area contributed by atoms with Crippen LogP contribution in [-0.2, 0) is 14.8 Å². The number of anilines is 1. The van der Waals surface area contributed by atoms with Crippen LogP contribution in [0.25, 0.3) is 6.08 Å². The Morgan fingerprint density at radius 2 is 1.66 bits per heavy atom. The van der Waals surface area contributed by atoms with Gasteiger partial charge in [0.05, 0.1) is 4.90 Å². The fourth-order valence-electron chi connectivity index (χ4n) is 3.23. The molecule has 29 heavy (non-hydrogen) atoms. The lowest BCUT2D eigenvalue weighted by molar-refractivity contribution is -0.111. The molecule has 1 aliphatic rings. The Kier molecular flexibility index (Phi) is 6.56. The maximum absolute atomic E-state index is 12.5. The number of benzene rings is 2. The number of hydrogen-bond donors (Lipinski definition) is 4. The maximum atomic E-state index is 12.5. The zero-order valence-corrected chi connectivity index (χ0v) is 16.7. The minimum atomic E-state index is -3.58. The molecule has 1 amide bonds. The normalized spacial score (nSPS) is 15.4. The topological polar surface area (TPSA) is 116 Å². The van der Waals surface area contributed by atoms with Crippen molar-refractivity contribution < 1.29 is 23.4 Å². The highest BCUT2D eigenvalue weighted by atomic mass is 32.2. The van der Waals surface area contributed by atoms with E-state index in [9.17, 15) is 23.4 Å². The predicted molar refractivity (Wildman–Crippen MR) is 111 cm³/mol. The van der Waals surface area contributed by atoms with Gasteiger partial charge in [-0.2, -0.15) is 0 Å². The summed E-state index contributed by atoms with van der Waals surface area (Å²) in [5.41, 5.74) is 1.01. The van der Waals surface area contributed by atoms with Crippen molar-refractivity contribution in [2.45, 2.75) is 43.0 Å². The minimum Gasteiger partial charge on any atom is -0.504 e. The van der Waals surface area contributed by atoms with E-state index in [1.807, 2.05) is 0 Å². The van der Waals surface area contributed by atoms with Gasteiger partial charge in [0, 0.05) is 17.8 Å². The van der Waals surface area contributed by atoms with E-state index in [2.05, 4.69) is 10.0 Å². The van der Waals surface area contributed by atoms with Crippen LogP contribution in [0.3, 0.4) is 0 Å². The number of nitrogens with one attached hydrogen (secondary N) is 2. The largest absolute Gasteiger partial charge is 0.504 e. The van der Waals surface area contributed by atoms with Gasteiger partial charge in [-0.25, -0.2) is 13.1 Å². The van der Waals surface area contributed by atoms with Crippen molar-refractivity contribution in [2.24, 2.45) is 0 Å². The molecule has 0 unspecified atom stereocenters. The van der Waals surface area contributed by atoms with E-state index in [-0.39, 0.29) is 22.4 Å². The third-order valence-corrected chi connectivity index (χ3v) is 6.32. The van der Waals surface area contributed by atoms with Gasteiger partial charge in [0.25, 0.3) is 0 Å². The summed E-state index contributed by atoms with van der Waals surface area (Å²) >= 11 is 0. The van der Waals surface area contributed by atoms with Crippen LogP contribution >= 0.6 is 0 Å². The molecule has 0 radical (unpaired) electrons. The summed E-state index contributed by atoms with van der Waals surface area (Å²) in [6.45, 7) is 0. The number of amides is 1. The van der Waals surface area contributed by atoms with Crippen LogP contribution in [0, 0.1) is 0 Å². The number of rotatable bonds is 6. The fourth-order valence-corrected chi connectivity index (χ4v) is 4.53. The lowest BCUT2D eigenvalue weighted by atomic mass is 9.96. The summed E-state index contributed by atoms with van der Waals surface area (Å²) < 4.78 is 27.7. The van der Waals surface area contributed by atoms with Crippen molar-refractivity contribution in [1.29, 1.82) is 0 Å². The van der Waals surface area contributed by atoms with E-state index in [0.29, 0.717) is 11.3 Å². The fraction of sp³-hybridized carbons (Fsp3) is 0.286. The molecule has 0 aliphatic heterocycles. The summed E-state index contributed by atoms with van der Waals surface area (Å²) in [6, 6.07) is 10.2. The average molecular weight is 416 g/mol. The predicted octanol–water partition coefficient (Wildman–Crippen LogP) is 3.36. The van der Waals surface area contributed by atoms with Crippen molar-refractivity contribution in [3.8, 4) is 11.5 Å². The third kappa shape index (κ3) is 5.82. The van der Waals surface area contributed by atoms with Crippen LogP contribution in [-0.4, -0.2) is 30.6 Å². The van der Waals surface area contributed by atoms with Crippen LogP contribution in [0.1, 0.15) is 37.7 Å². The van der Waals surface area contributed by atoms with Gasteiger partial charge >= 0.3 is 0 Å². The molecular formula is C21H24N2O5S. The Bertz CT molecular complexity index is 994. The molecule has 0 saturated heterocycles. The standard InChI is InChI=1S/C21H24N2O5S/c24-19-12-6-15(14-20(19)25)7-13-21(26)22-16-8-10-18(11-9-16)29(27,28)23-17-4-2-1-3-5-17/h6-14,17,23-25H,1-5H2,(H,22,26). The number of phenolic OH excluding ortho intramolecular Hbond substituents is 2. The summed E-state index contributed by atoms with van der Waals surface area (Å²) in [5, 5.41) is 21.4. The zero-order valence-electron chi connectivity index (χ0n) is 15.8. The molecule has 0 atom stereocenters. The van der Waals surface area contributed by atoms with E-state index < -0.39 is 15.9 Å². The van der Waals surface area contributed by atoms with Gasteiger partial charge in [-0.3, -0.25) is 4.79 Å². The van der Waals surface area contributed by atoms with E-state index >= 15 is 0 Å². The number of phenols is 2. The van der Waals surface area contributed by atoms with Crippen LogP contribution in [0.4, 0.5) is 5.69 Å². The molecule has 2 aromatic carbocycles. The molecule has 1 fully saturated rings. The molecule has 154 valence electrons. The van der Waals surface area contributed by atoms with Gasteiger partial charge in [0.1, 0.15) is 0 Å². The SMILES string of the molecule is O=C(C=Cc1ccc(O)c(O)c1)Nc1ccc(S(=O)(=O)NC2CCCCC2)cc1. The van der Waals surface area contributed by atoms with Gasteiger partial charge in [0.2, 0.25) is 15.9 Å². The molecular weight excluding hydrogens is 392 g/mol. The molecule has 1 aliphatic carbocycles. The lowest BCUT2D eigenvalue weighted by Gasteiger charge is -2.22. The Labute approximate surface area is 170 Å². The van der Waals surface area contributed by atoms with Gasteiger partial charge in [-0.1, -0.05) is 25.3 Å². The highest BCUT2D eigenvalue weighted by Gasteiger charge is 2.21. The lowest BCUT2D eigenvalue weighted by Crippen LogP contribution is -2.36. The number of carbonyl (C=O) groups is 1. The number of carbonyl (C=O) groups excluding carboxylic acids is 1. The van der Waals surface area contributed by atoms with Crippen molar-refractivity contribution in [1.82, 2.24) is 4.72 Å². The number of sulfonamides is 1. The second-order valence-electron chi connectivity index (χ2n) is 7.05. The maximum Gasteiger partial charge on any atom is 0.248 e. The van der Waals surface area contributed by atoms with E-state index in [1.54, 1.807) is 6.07 Å². The average Bonchev–Trinajstić information content (AvgIpc) is 2.70. The molecule has 2 aromatic rings. The van der Waals surface area contributed by atoms with Crippen LogP contribution < -0.4 is 10.0 Å². The van der Waals surface area contributed by atoms with E-state index in [1.165, 1.54) is 48.6 Å². The first-order valence-corrected chi connectivity index (χ1v) is 11.0. The van der Waals surface area contributed by atoms with Gasteiger partial charge in [0.15, 0.2) is 11.5 Å². The van der Waals surface area contributed by atoms with Crippen molar-refractivity contribution in [2.75, 3.05) is 5.32 Å². The number of hydrogen-bond acceptors (Lipinski definition) is 5. The van der Waals surface area contributed by atoms with Crippen molar-refractivity contribution in [3.63, 3.8) is 0 Å². The van der Waals surface area contributed by atoms with Crippen LogP contribution in [0.15, 0.2) is 53.4 Å². The van der Waals surface area contributed by atoms with E-state index in [0.717, 1.165) is 32.1 Å². The molecule has 0 aromatic heterocycles. The summed E-state index contributed by atoms with van der Waals surface area (Å²) in [5.74, 6) is -0.917. The Morgan fingerprint density at radius 1 is 0.966 bits per heavy atom. The Morgan fingerprint density at radius 3 is 2.31 bits per heavy atom. The zero-order chi connectivity index (χ0) is 20.9. The quantitative estimate of drug-likeness (QED) is 0.426. The molecule has 1 saturated carbocycles.